The number of carbonyl (C=O) groups excluding carboxylic acids is 1. The fourth-order valence-electron chi connectivity index (χ4n) is 1.82. The Hall–Kier alpha value is -2.78. The summed E-state index contributed by atoms with van der Waals surface area (Å²) in [4.78, 5) is 12.5. The van der Waals surface area contributed by atoms with Gasteiger partial charge in [-0.25, -0.2) is 0 Å². The van der Waals surface area contributed by atoms with E-state index in [0.717, 1.165) is 0 Å². The summed E-state index contributed by atoms with van der Waals surface area (Å²) >= 11 is 0. The largest absolute Gasteiger partial charge is 0.446 e. The van der Waals surface area contributed by atoms with Gasteiger partial charge in [-0.3, -0.25) is 14.4 Å². The van der Waals surface area contributed by atoms with Gasteiger partial charge in [0.1, 0.15) is 0 Å². The van der Waals surface area contributed by atoms with Gasteiger partial charge in [0.15, 0.2) is 11.5 Å². The molecule has 0 spiro atoms. The van der Waals surface area contributed by atoms with Crippen LogP contribution in [0.5, 0.6) is 5.75 Å². The van der Waals surface area contributed by atoms with Crippen LogP contribution in [-0.4, -0.2) is 37.9 Å². The molecule has 1 N–H and O–H groups in total. The zero-order valence-corrected chi connectivity index (χ0v) is 13.8. The number of ketones is 1. The first-order chi connectivity index (χ1) is 11.3. The maximum atomic E-state index is 12.5. The lowest BCUT2D eigenvalue weighted by Crippen LogP contribution is -2.11. The normalized spacial score (nSPS) is 11.5. The Balaban J connectivity index is 2.29. The smallest absolute Gasteiger partial charge is 0.361 e. The first-order valence-corrected chi connectivity index (χ1v) is 8.12. The average Bonchev–Trinajstić information content (AvgIpc) is 2.52. The van der Waals surface area contributed by atoms with Crippen molar-refractivity contribution in [3.05, 3.63) is 59.7 Å². The molecule has 0 saturated carbocycles. The highest BCUT2D eigenvalue weighted by Gasteiger charge is 2.18. The van der Waals surface area contributed by atoms with Gasteiger partial charge in [0.05, 0.1) is 11.3 Å². The van der Waals surface area contributed by atoms with E-state index < -0.39 is 16.2 Å². The molecule has 0 aliphatic rings. The predicted octanol–water partition coefficient (Wildman–Crippen LogP) is 2.66. The van der Waals surface area contributed by atoms with Crippen molar-refractivity contribution < 1.29 is 21.9 Å². The number of hydrogen-bond acceptors (Lipinski definition) is 6. The molecule has 0 heterocycles. The fourth-order valence-corrected chi connectivity index (χ4v) is 2.19. The van der Waals surface area contributed by atoms with Crippen LogP contribution in [-0.2, 0) is 10.4 Å². The van der Waals surface area contributed by atoms with Gasteiger partial charge >= 0.3 is 10.4 Å². The number of benzene rings is 2. The van der Waals surface area contributed by atoms with Crippen molar-refractivity contribution in [1.29, 1.82) is 0 Å². The van der Waals surface area contributed by atoms with E-state index in [4.69, 9.17) is 4.55 Å². The standard InChI is InChI=1S/C15H15N3O5S/c1-18(2)17-16-12-9-7-11(8-10-12)15(19)13-5-3-4-6-14(13)23-24(20,21)22/h3-10H,1-2H3,(H,20,21,22). The molecule has 126 valence electrons. The fraction of sp³-hybridized carbons (Fsp3) is 0.133. The van der Waals surface area contributed by atoms with E-state index in [2.05, 4.69) is 14.5 Å². The lowest BCUT2D eigenvalue weighted by molar-refractivity contribution is 0.103. The summed E-state index contributed by atoms with van der Waals surface area (Å²) in [6, 6.07) is 12.0. The second kappa shape index (κ2) is 7.20. The number of hydrogen-bond donors (Lipinski definition) is 1. The summed E-state index contributed by atoms with van der Waals surface area (Å²) in [6.07, 6.45) is 0. The number of rotatable bonds is 6. The average molecular weight is 349 g/mol. The molecule has 0 unspecified atom stereocenters. The monoisotopic (exact) mass is 349 g/mol. The molecule has 2 aromatic carbocycles. The van der Waals surface area contributed by atoms with E-state index >= 15 is 0 Å². The van der Waals surface area contributed by atoms with Crippen LogP contribution >= 0.6 is 0 Å². The molecule has 0 atom stereocenters. The van der Waals surface area contributed by atoms with Crippen LogP contribution < -0.4 is 4.18 Å². The van der Waals surface area contributed by atoms with Crippen molar-refractivity contribution in [2.75, 3.05) is 14.1 Å². The van der Waals surface area contributed by atoms with Crippen molar-refractivity contribution in [1.82, 2.24) is 5.01 Å². The first-order valence-electron chi connectivity index (χ1n) is 6.76. The molecule has 0 bridgehead atoms. The van der Waals surface area contributed by atoms with E-state index in [1.807, 2.05) is 0 Å². The third-order valence-electron chi connectivity index (χ3n) is 2.80. The Kier molecular flexibility index (Phi) is 5.27. The molecule has 0 fully saturated rings. The second-order valence-corrected chi connectivity index (χ2v) is 5.94. The molecule has 9 heteroatoms. The van der Waals surface area contributed by atoms with Gasteiger partial charge in [0.2, 0.25) is 0 Å². The molecule has 24 heavy (non-hydrogen) atoms. The van der Waals surface area contributed by atoms with Gasteiger partial charge in [-0.15, -0.1) is 5.11 Å². The van der Waals surface area contributed by atoms with Crippen LogP contribution in [0.15, 0.2) is 58.9 Å². The van der Waals surface area contributed by atoms with Gasteiger partial charge < -0.3 is 4.18 Å². The minimum Gasteiger partial charge on any atom is -0.361 e. The van der Waals surface area contributed by atoms with Gasteiger partial charge in [-0.05, 0) is 36.4 Å². The number of nitrogens with zero attached hydrogens (tertiary/aromatic N) is 3. The molecule has 0 aliphatic carbocycles. The summed E-state index contributed by atoms with van der Waals surface area (Å²) in [6.45, 7) is 0. The molecule has 0 saturated heterocycles. The molecule has 0 aliphatic heterocycles. The number of carbonyl (C=O) groups is 1. The summed E-state index contributed by atoms with van der Waals surface area (Å²) < 4.78 is 35.0. The molecule has 0 aromatic heterocycles. The van der Waals surface area contributed by atoms with Gasteiger partial charge in [0.25, 0.3) is 0 Å². The Morgan fingerprint density at radius 1 is 1.08 bits per heavy atom. The van der Waals surface area contributed by atoms with Crippen molar-refractivity contribution in [2.24, 2.45) is 10.3 Å². The van der Waals surface area contributed by atoms with Crippen LogP contribution in [0, 0.1) is 0 Å². The van der Waals surface area contributed by atoms with E-state index in [1.54, 1.807) is 32.3 Å². The van der Waals surface area contributed by atoms with Crippen LogP contribution in [0.4, 0.5) is 5.69 Å². The molecule has 2 rings (SSSR count). The summed E-state index contributed by atoms with van der Waals surface area (Å²) in [7, 11) is -1.26. The van der Waals surface area contributed by atoms with Crippen LogP contribution in [0.3, 0.4) is 0 Å². The van der Waals surface area contributed by atoms with Crippen LogP contribution in [0.25, 0.3) is 0 Å². The van der Waals surface area contributed by atoms with Crippen LogP contribution in [0.2, 0.25) is 0 Å². The SMILES string of the molecule is CN(C)N=Nc1ccc(C(=O)c2ccccc2OS(=O)(=O)O)cc1. The van der Waals surface area contributed by atoms with E-state index in [-0.39, 0.29) is 11.3 Å². The zero-order valence-electron chi connectivity index (χ0n) is 12.9. The summed E-state index contributed by atoms with van der Waals surface area (Å²) in [5.41, 5.74) is 0.880. The second-order valence-electron chi connectivity index (χ2n) is 4.92. The van der Waals surface area contributed by atoms with Gasteiger partial charge in [-0.1, -0.05) is 17.4 Å². The quantitative estimate of drug-likeness (QED) is 0.372. The molecular formula is C15H15N3O5S. The van der Waals surface area contributed by atoms with Crippen molar-refractivity contribution in [2.45, 2.75) is 0 Å². The lowest BCUT2D eigenvalue weighted by atomic mass is 10.0. The van der Waals surface area contributed by atoms with Crippen molar-refractivity contribution >= 4 is 21.9 Å². The molecule has 0 radical (unpaired) electrons. The Morgan fingerprint density at radius 3 is 2.29 bits per heavy atom. The third kappa shape index (κ3) is 4.86. The highest BCUT2D eigenvalue weighted by Crippen LogP contribution is 2.24. The minimum absolute atomic E-state index is 0.0118. The number of para-hydroxylation sites is 1. The van der Waals surface area contributed by atoms with Crippen molar-refractivity contribution in [3.63, 3.8) is 0 Å². The molecule has 0 amide bonds. The molecule has 8 nitrogen and oxygen atoms in total. The topological polar surface area (TPSA) is 109 Å². The Bertz CT molecular complexity index is 861. The highest BCUT2D eigenvalue weighted by atomic mass is 32.3. The minimum atomic E-state index is -4.72. The van der Waals surface area contributed by atoms with E-state index in [1.165, 1.54) is 35.3 Å². The third-order valence-corrected chi connectivity index (χ3v) is 3.19. The lowest BCUT2D eigenvalue weighted by Gasteiger charge is -2.08. The molecular weight excluding hydrogens is 334 g/mol. The van der Waals surface area contributed by atoms with E-state index in [9.17, 15) is 13.2 Å². The zero-order chi connectivity index (χ0) is 17.7. The predicted molar refractivity (Wildman–Crippen MR) is 86.7 cm³/mol. The van der Waals surface area contributed by atoms with E-state index in [0.29, 0.717) is 11.3 Å². The molecule has 2 aromatic rings. The Morgan fingerprint density at radius 2 is 1.71 bits per heavy atom. The summed E-state index contributed by atoms with van der Waals surface area (Å²) in [5.74, 6) is -0.702. The maximum absolute atomic E-state index is 12.5. The highest BCUT2D eigenvalue weighted by molar-refractivity contribution is 7.81. The summed E-state index contributed by atoms with van der Waals surface area (Å²) in [5, 5.41) is 9.32. The van der Waals surface area contributed by atoms with Gasteiger partial charge in [0, 0.05) is 19.7 Å². The maximum Gasteiger partial charge on any atom is 0.446 e. The van der Waals surface area contributed by atoms with Crippen LogP contribution in [0.1, 0.15) is 15.9 Å². The van der Waals surface area contributed by atoms with Crippen molar-refractivity contribution in [3.8, 4) is 5.75 Å². The Labute approximate surface area is 139 Å². The first kappa shape index (κ1) is 17.6. The van der Waals surface area contributed by atoms with Gasteiger partial charge in [-0.2, -0.15) is 8.42 Å².